The Labute approximate surface area is 170 Å². The summed E-state index contributed by atoms with van der Waals surface area (Å²) in [6, 6.07) is 9.33. The molecule has 1 saturated carbocycles. The number of nitrogens with zero attached hydrogens (tertiary/aromatic N) is 1. The van der Waals surface area contributed by atoms with E-state index in [1.54, 1.807) is 0 Å². The van der Waals surface area contributed by atoms with E-state index in [0.717, 1.165) is 49.7 Å². The first kappa shape index (κ1) is 22.8. The van der Waals surface area contributed by atoms with E-state index in [-0.39, 0.29) is 12.0 Å². The summed E-state index contributed by atoms with van der Waals surface area (Å²) >= 11 is 0. The maximum Gasteiger partial charge on any atom is 0.414 e. The minimum Gasteiger partial charge on any atom is -0.473 e. The van der Waals surface area contributed by atoms with E-state index in [1.165, 1.54) is 0 Å². The third-order valence-corrected chi connectivity index (χ3v) is 5.68. The number of likely N-dealkylation sites (tertiary alicyclic amines) is 1. The Balaban J connectivity index is 0.000000438. The molecule has 1 aromatic rings. The average molecular weight is 408 g/mol. The molecule has 1 aromatic carbocycles. The Hall–Kier alpha value is -2.45. The summed E-state index contributed by atoms with van der Waals surface area (Å²) in [5.74, 6) is -4.14. The zero-order valence-electron chi connectivity index (χ0n) is 16.9. The fourth-order valence-corrected chi connectivity index (χ4v) is 4.12. The molecular formula is C21H30NO7+. The second-order valence-electron chi connectivity index (χ2n) is 8.38. The standard InChI is InChI=1S/C19H28NO3.C2H2O4/c1-20(2)13-12-17(14-20)23-18(21)19(22,16-10-6-7-11-16)15-8-4-3-5-9-15;3-1(4)2(5)6/h3-5,8-9,16-17,22H,6-7,10-14H2,1-2H3;(H,3,4)(H,5,6)/q+1;. The highest BCUT2D eigenvalue weighted by atomic mass is 16.6. The number of hydrogen-bond acceptors (Lipinski definition) is 5. The number of quaternary nitrogens is 1. The predicted octanol–water partition coefficient (Wildman–Crippen LogP) is 1.61. The summed E-state index contributed by atoms with van der Waals surface area (Å²) < 4.78 is 6.64. The number of ether oxygens (including phenoxy) is 1. The van der Waals surface area contributed by atoms with Gasteiger partial charge in [-0.05, 0) is 18.4 Å². The highest BCUT2D eigenvalue weighted by Gasteiger charge is 2.49. The molecule has 8 heteroatoms. The fourth-order valence-electron chi connectivity index (χ4n) is 4.12. The molecule has 1 aliphatic heterocycles. The predicted molar refractivity (Wildman–Crippen MR) is 104 cm³/mol. The molecule has 0 aromatic heterocycles. The van der Waals surface area contributed by atoms with Crippen LogP contribution in [0, 0.1) is 5.92 Å². The van der Waals surface area contributed by atoms with Crippen molar-refractivity contribution < 1.29 is 38.9 Å². The van der Waals surface area contributed by atoms with Gasteiger partial charge < -0.3 is 24.5 Å². The third kappa shape index (κ3) is 5.77. The molecular weight excluding hydrogens is 378 g/mol. The summed E-state index contributed by atoms with van der Waals surface area (Å²) in [4.78, 5) is 31.1. The van der Waals surface area contributed by atoms with Gasteiger partial charge in [-0.15, -0.1) is 0 Å². The molecule has 2 unspecified atom stereocenters. The zero-order chi connectivity index (χ0) is 21.7. The maximum atomic E-state index is 12.9. The minimum absolute atomic E-state index is 0.0405. The molecule has 1 saturated heterocycles. The molecule has 2 aliphatic rings. The quantitative estimate of drug-likeness (QED) is 0.393. The first-order valence-corrected chi connectivity index (χ1v) is 9.83. The Morgan fingerprint density at radius 3 is 2.00 bits per heavy atom. The van der Waals surface area contributed by atoms with Crippen LogP contribution >= 0.6 is 0 Å². The van der Waals surface area contributed by atoms with Crippen molar-refractivity contribution in [1.29, 1.82) is 0 Å². The number of carbonyl (C=O) groups excluding carboxylic acids is 1. The van der Waals surface area contributed by atoms with E-state index < -0.39 is 23.5 Å². The lowest BCUT2D eigenvalue weighted by molar-refractivity contribution is -0.879. The minimum atomic E-state index is -1.82. The van der Waals surface area contributed by atoms with Crippen molar-refractivity contribution in [2.24, 2.45) is 5.92 Å². The third-order valence-electron chi connectivity index (χ3n) is 5.68. The topological polar surface area (TPSA) is 121 Å². The van der Waals surface area contributed by atoms with Crippen molar-refractivity contribution in [3.05, 3.63) is 35.9 Å². The van der Waals surface area contributed by atoms with Crippen molar-refractivity contribution >= 4 is 17.9 Å². The molecule has 2 fully saturated rings. The van der Waals surface area contributed by atoms with Crippen LogP contribution in [0.25, 0.3) is 0 Å². The average Bonchev–Trinajstić information content (AvgIpc) is 3.32. The van der Waals surface area contributed by atoms with Crippen LogP contribution < -0.4 is 0 Å². The molecule has 0 amide bonds. The van der Waals surface area contributed by atoms with Gasteiger partial charge in [-0.3, -0.25) is 0 Å². The molecule has 2 atom stereocenters. The number of carbonyl (C=O) groups is 3. The van der Waals surface area contributed by atoms with Crippen LogP contribution in [-0.2, 0) is 24.7 Å². The fraction of sp³-hybridized carbons (Fsp3) is 0.571. The molecule has 0 bridgehead atoms. The maximum absolute atomic E-state index is 12.9. The van der Waals surface area contributed by atoms with Gasteiger partial charge in [0, 0.05) is 12.3 Å². The van der Waals surface area contributed by atoms with Gasteiger partial charge in [0.25, 0.3) is 0 Å². The van der Waals surface area contributed by atoms with Crippen molar-refractivity contribution in [1.82, 2.24) is 0 Å². The van der Waals surface area contributed by atoms with E-state index >= 15 is 0 Å². The summed E-state index contributed by atoms with van der Waals surface area (Å²) in [5, 5.41) is 26.1. The smallest absolute Gasteiger partial charge is 0.414 e. The number of benzene rings is 1. The molecule has 3 N–H and O–H groups in total. The number of carboxylic acids is 2. The number of aliphatic hydroxyl groups is 1. The van der Waals surface area contributed by atoms with E-state index in [4.69, 9.17) is 24.5 Å². The number of likely N-dealkylation sites (N-methyl/N-ethyl adjacent to an activating group) is 1. The van der Waals surface area contributed by atoms with Crippen molar-refractivity contribution in [2.45, 2.75) is 43.8 Å². The highest BCUT2D eigenvalue weighted by molar-refractivity contribution is 6.27. The zero-order valence-corrected chi connectivity index (χ0v) is 16.9. The van der Waals surface area contributed by atoms with E-state index in [9.17, 15) is 9.90 Å². The van der Waals surface area contributed by atoms with Gasteiger partial charge in [-0.1, -0.05) is 43.2 Å². The van der Waals surface area contributed by atoms with Gasteiger partial charge in [0.1, 0.15) is 6.54 Å². The van der Waals surface area contributed by atoms with Gasteiger partial charge in [0.15, 0.2) is 11.7 Å². The first-order chi connectivity index (χ1) is 13.6. The Bertz CT molecular complexity index is 716. The van der Waals surface area contributed by atoms with Gasteiger partial charge in [0.2, 0.25) is 0 Å². The van der Waals surface area contributed by atoms with Gasteiger partial charge in [-0.25, -0.2) is 14.4 Å². The van der Waals surface area contributed by atoms with E-state index in [2.05, 4.69) is 14.1 Å². The number of hydrogen-bond donors (Lipinski definition) is 3. The van der Waals surface area contributed by atoms with Gasteiger partial charge >= 0.3 is 17.9 Å². The second-order valence-corrected chi connectivity index (χ2v) is 8.38. The van der Waals surface area contributed by atoms with Gasteiger partial charge in [-0.2, -0.15) is 0 Å². The summed E-state index contributed by atoms with van der Waals surface area (Å²) in [7, 11) is 4.29. The monoisotopic (exact) mass is 408 g/mol. The van der Waals surface area contributed by atoms with Crippen molar-refractivity contribution in [3.8, 4) is 0 Å². The largest absolute Gasteiger partial charge is 0.473 e. The number of rotatable bonds is 4. The number of carboxylic acid groups (broad SMARTS) is 2. The molecule has 1 aliphatic carbocycles. The Morgan fingerprint density at radius 1 is 1.00 bits per heavy atom. The van der Waals surface area contributed by atoms with E-state index in [1.807, 2.05) is 30.3 Å². The molecule has 0 radical (unpaired) electrons. The highest BCUT2D eigenvalue weighted by Crippen LogP contribution is 2.42. The molecule has 3 rings (SSSR count). The first-order valence-electron chi connectivity index (χ1n) is 9.83. The van der Waals surface area contributed by atoms with E-state index in [0.29, 0.717) is 5.56 Å². The van der Waals surface area contributed by atoms with Crippen LogP contribution in [0.3, 0.4) is 0 Å². The molecule has 8 nitrogen and oxygen atoms in total. The van der Waals surface area contributed by atoms with Crippen LogP contribution in [-0.4, -0.2) is 71.0 Å². The lowest BCUT2D eigenvalue weighted by Gasteiger charge is -2.33. The van der Waals surface area contributed by atoms with Crippen molar-refractivity contribution in [2.75, 3.05) is 27.2 Å². The number of esters is 1. The lowest BCUT2D eigenvalue weighted by Crippen LogP contribution is -2.46. The molecule has 0 spiro atoms. The lowest BCUT2D eigenvalue weighted by atomic mass is 9.80. The van der Waals surface area contributed by atoms with Crippen LogP contribution in [0.4, 0.5) is 0 Å². The number of aliphatic carboxylic acids is 2. The van der Waals surface area contributed by atoms with Crippen LogP contribution in [0.1, 0.15) is 37.7 Å². The summed E-state index contributed by atoms with van der Waals surface area (Å²) in [6.07, 6.45) is 4.68. The van der Waals surface area contributed by atoms with Gasteiger partial charge in [0.05, 0.1) is 20.6 Å². The van der Waals surface area contributed by atoms with Crippen LogP contribution in [0.5, 0.6) is 0 Å². The van der Waals surface area contributed by atoms with Crippen LogP contribution in [0.2, 0.25) is 0 Å². The summed E-state index contributed by atoms with van der Waals surface area (Å²) in [6.45, 7) is 1.83. The summed E-state index contributed by atoms with van der Waals surface area (Å²) in [5.41, 5.74) is -0.832. The molecule has 160 valence electrons. The normalized spacial score (nSPS) is 22.8. The Morgan fingerprint density at radius 2 is 1.55 bits per heavy atom. The molecule has 29 heavy (non-hydrogen) atoms. The van der Waals surface area contributed by atoms with Crippen molar-refractivity contribution in [3.63, 3.8) is 0 Å². The molecule has 1 heterocycles. The van der Waals surface area contributed by atoms with Crippen LogP contribution in [0.15, 0.2) is 30.3 Å². The second kappa shape index (κ2) is 9.37. The Kier molecular flexibility index (Phi) is 7.37. The SMILES string of the molecule is C[N+]1(C)CCC(OC(=O)C(O)(c2ccccc2)C2CCCC2)C1.O=C(O)C(=O)O.